The van der Waals surface area contributed by atoms with Crippen LogP contribution >= 0.6 is 27.3 Å². The number of likely N-dealkylation sites (N-methyl/N-ethyl adjacent to an activating group) is 1. The smallest absolute Gasteiger partial charge is 0.164 e. The maximum absolute atomic E-state index is 12.0. The molecule has 2 unspecified atom stereocenters. The maximum atomic E-state index is 12.0. The SMILES string of the molecule is CCN(CC)CCN1c2cccc(Br)c2C(O)(c2csc3ccccc23)C1O. The lowest BCUT2D eigenvalue weighted by Gasteiger charge is -2.33. The van der Waals surface area contributed by atoms with Gasteiger partial charge in [-0.05, 0) is 42.1 Å². The Morgan fingerprint density at radius 3 is 2.64 bits per heavy atom. The van der Waals surface area contributed by atoms with Crippen molar-refractivity contribution in [1.82, 2.24) is 4.90 Å². The van der Waals surface area contributed by atoms with Crippen LogP contribution in [0.1, 0.15) is 25.0 Å². The van der Waals surface area contributed by atoms with E-state index >= 15 is 0 Å². The van der Waals surface area contributed by atoms with Gasteiger partial charge in [-0.25, -0.2) is 0 Å². The van der Waals surface area contributed by atoms with Crippen LogP contribution in [0.3, 0.4) is 0 Å². The van der Waals surface area contributed by atoms with Gasteiger partial charge < -0.3 is 20.0 Å². The number of fused-ring (bicyclic) bond motifs is 2. The molecule has 1 aromatic heterocycles. The van der Waals surface area contributed by atoms with Crippen LogP contribution in [0.5, 0.6) is 0 Å². The monoisotopic (exact) mass is 460 g/mol. The molecule has 1 aliphatic rings. The highest BCUT2D eigenvalue weighted by atomic mass is 79.9. The normalized spacial score (nSPS) is 21.6. The average Bonchev–Trinajstić information content (AvgIpc) is 3.23. The van der Waals surface area contributed by atoms with Crippen molar-refractivity contribution in [2.24, 2.45) is 0 Å². The molecule has 0 amide bonds. The summed E-state index contributed by atoms with van der Waals surface area (Å²) in [6, 6.07) is 13.9. The van der Waals surface area contributed by atoms with Crippen molar-refractivity contribution in [3.63, 3.8) is 0 Å². The number of nitrogens with zero attached hydrogens (tertiary/aromatic N) is 2. The summed E-state index contributed by atoms with van der Waals surface area (Å²) in [5, 5.41) is 26.3. The Morgan fingerprint density at radius 2 is 1.89 bits per heavy atom. The maximum Gasteiger partial charge on any atom is 0.164 e. The van der Waals surface area contributed by atoms with E-state index in [4.69, 9.17) is 0 Å². The number of aliphatic hydroxyl groups is 2. The summed E-state index contributed by atoms with van der Waals surface area (Å²) in [5.41, 5.74) is 0.898. The van der Waals surface area contributed by atoms with Crippen molar-refractivity contribution >= 4 is 43.0 Å². The van der Waals surface area contributed by atoms with Gasteiger partial charge in [0.25, 0.3) is 0 Å². The molecule has 28 heavy (non-hydrogen) atoms. The molecule has 4 nitrogen and oxygen atoms in total. The first kappa shape index (κ1) is 19.9. The van der Waals surface area contributed by atoms with Gasteiger partial charge >= 0.3 is 0 Å². The van der Waals surface area contributed by atoms with Crippen molar-refractivity contribution in [3.8, 4) is 0 Å². The lowest BCUT2D eigenvalue weighted by molar-refractivity contribution is -0.0379. The van der Waals surface area contributed by atoms with E-state index < -0.39 is 11.8 Å². The lowest BCUT2D eigenvalue weighted by atomic mass is 9.86. The third-order valence-corrected chi connectivity index (χ3v) is 7.42. The van der Waals surface area contributed by atoms with E-state index in [0.29, 0.717) is 6.54 Å². The summed E-state index contributed by atoms with van der Waals surface area (Å²) >= 11 is 5.23. The number of halogens is 1. The minimum absolute atomic E-state index is 0.649. The summed E-state index contributed by atoms with van der Waals surface area (Å²) in [5.74, 6) is 0. The number of aliphatic hydroxyl groups excluding tert-OH is 1. The predicted octanol–water partition coefficient (Wildman–Crippen LogP) is 4.38. The minimum Gasteiger partial charge on any atom is -0.375 e. The second-order valence-corrected chi connectivity index (χ2v) is 8.91. The number of anilines is 1. The number of hydrogen-bond acceptors (Lipinski definition) is 5. The van der Waals surface area contributed by atoms with Gasteiger partial charge in [0.05, 0.1) is 0 Å². The van der Waals surface area contributed by atoms with Crippen molar-refractivity contribution in [3.05, 3.63) is 63.4 Å². The summed E-state index contributed by atoms with van der Waals surface area (Å²) in [6.45, 7) is 7.69. The van der Waals surface area contributed by atoms with Gasteiger partial charge in [0.2, 0.25) is 0 Å². The zero-order valence-corrected chi connectivity index (χ0v) is 18.5. The molecule has 0 fully saturated rings. The molecule has 0 saturated carbocycles. The largest absolute Gasteiger partial charge is 0.375 e. The van der Waals surface area contributed by atoms with Crippen LogP contribution in [0.25, 0.3) is 10.1 Å². The van der Waals surface area contributed by atoms with Crippen LogP contribution in [0.2, 0.25) is 0 Å². The third kappa shape index (κ3) is 2.99. The summed E-state index contributed by atoms with van der Waals surface area (Å²) in [6.07, 6.45) is -1.05. The Hall–Kier alpha value is -1.44. The van der Waals surface area contributed by atoms with Gasteiger partial charge in [0, 0.05) is 39.1 Å². The number of thiophene rings is 1. The molecule has 2 aromatic carbocycles. The highest BCUT2D eigenvalue weighted by Gasteiger charge is 2.52. The summed E-state index contributed by atoms with van der Waals surface area (Å²) < 4.78 is 1.92. The quantitative estimate of drug-likeness (QED) is 0.572. The topological polar surface area (TPSA) is 46.9 Å². The Balaban J connectivity index is 1.82. The molecular weight excluding hydrogens is 436 g/mol. The molecule has 1 aliphatic heterocycles. The van der Waals surface area contributed by atoms with Crippen molar-refractivity contribution in [2.45, 2.75) is 25.7 Å². The summed E-state index contributed by atoms with van der Waals surface area (Å²) in [7, 11) is 0. The standard InChI is InChI=1S/C22H25BrN2O2S/c1-3-24(4-2)12-13-25-18-10-7-9-17(23)20(18)22(27,21(25)26)16-14-28-19-11-6-5-8-15(16)19/h5-11,14,21,26-27H,3-4,12-13H2,1-2H3. The number of rotatable bonds is 6. The van der Waals surface area contributed by atoms with Gasteiger partial charge in [-0.15, -0.1) is 11.3 Å². The van der Waals surface area contributed by atoms with Crippen LogP contribution in [0.4, 0.5) is 5.69 Å². The van der Waals surface area contributed by atoms with Crippen LogP contribution in [-0.2, 0) is 5.60 Å². The molecular formula is C22H25BrN2O2S. The fourth-order valence-electron chi connectivity index (χ4n) is 4.19. The average molecular weight is 461 g/mol. The van der Waals surface area contributed by atoms with E-state index in [9.17, 15) is 10.2 Å². The molecule has 3 aromatic rings. The van der Waals surface area contributed by atoms with Crippen LogP contribution in [0.15, 0.2) is 52.3 Å². The van der Waals surface area contributed by atoms with Gasteiger partial charge in [-0.3, -0.25) is 0 Å². The van der Waals surface area contributed by atoms with Crippen molar-refractivity contribution in [1.29, 1.82) is 0 Å². The molecule has 4 rings (SSSR count). The third-order valence-electron chi connectivity index (χ3n) is 5.79. The zero-order valence-electron chi connectivity index (χ0n) is 16.1. The fraction of sp³-hybridized carbons (Fsp3) is 0.364. The second-order valence-electron chi connectivity index (χ2n) is 7.14. The highest BCUT2D eigenvalue weighted by molar-refractivity contribution is 9.10. The zero-order chi connectivity index (χ0) is 19.9. The van der Waals surface area contributed by atoms with E-state index in [1.165, 1.54) is 0 Å². The lowest BCUT2D eigenvalue weighted by Crippen LogP contribution is -2.47. The van der Waals surface area contributed by atoms with Gasteiger partial charge in [0.15, 0.2) is 11.8 Å². The van der Waals surface area contributed by atoms with Crippen LogP contribution in [0, 0.1) is 0 Å². The molecule has 6 heteroatoms. The number of benzene rings is 2. The van der Waals surface area contributed by atoms with Crippen LogP contribution in [-0.4, -0.2) is 47.5 Å². The molecule has 148 valence electrons. The Bertz CT molecular complexity index is 988. The van der Waals surface area contributed by atoms with E-state index in [-0.39, 0.29) is 0 Å². The first-order valence-electron chi connectivity index (χ1n) is 9.67. The first-order chi connectivity index (χ1) is 13.5. The Kier molecular flexibility index (Phi) is 5.51. The number of hydrogen-bond donors (Lipinski definition) is 2. The molecule has 2 N–H and O–H groups in total. The Labute approximate surface area is 178 Å². The predicted molar refractivity (Wildman–Crippen MR) is 120 cm³/mol. The van der Waals surface area contributed by atoms with Crippen LogP contribution < -0.4 is 4.90 Å². The Morgan fingerprint density at radius 1 is 1.14 bits per heavy atom. The first-order valence-corrected chi connectivity index (χ1v) is 11.3. The fourth-order valence-corrected chi connectivity index (χ4v) is 5.87. The molecule has 0 bridgehead atoms. The minimum atomic E-state index is -1.49. The molecule has 0 radical (unpaired) electrons. The van der Waals surface area contributed by atoms with E-state index in [1.807, 2.05) is 52.7 Å². The molecule has 0 saturated heterocycles. The molecule has 2 atom stereocenters. The molecule has 0 aliphatic carbocycles. The molecule has 0 spiro atoms. The van der Waals surface area contributed by atoms with E-state index in [1.54, 1.807) is 11.3 Å². The van der Waals surface area contributed by atoms with Gasteiger partial charge in [0.1, 0.15) is 0 Å². The van der Waals surface area contributed by atoms with Crippen molar-refractivity contribution < 1.29 is 10.2 Å². The summed E-state index contributed by atoms with van der Waals surface area (Å²) in [4.78, 5) is 4.26. The molecule has 2 heterocycles. The van der Waals surface area contributed by atoms with Crippen molar-refractivity contribution in [2.75, 3.05) is 31.1 Å². The van der Waals surface area contributed by atoms with E-state index in [2.05, 4.69) is 34.7 Å². The van der Waals surface area contributed by atoms with Gasteiger partial charge in [-0.2, -0.15) is 0 Å². The van der Waals surface area contributed by atoms with Gasteiger partial charge in [-0.1, -0.05) is 54.0 Å². The second kappa shape index (κ2) is 7.76. The van der Waals surface area contributed by atoms with E-state index in [0.717, 1.165) is 51.0 Å². The highest BCUT2D eigenvalue weighted by Crippen LogP contribution is 2.52.